The summed E-state index contributed by atoms with van der Waals surface area (Å²) in [7, 11) is -1.67. The van der Waals surface area contributed by atoms with Crippen LogP contribution in [0.15, 0.2) is 24.3 Å². The number of benzene rings is 1. The molecule has 21 nitrogen and oxygen atoms in total. The number of thiol groups is 1. The molecule has 0 aliphatic carbocycles. The lowest BCUT2D eigenvalue weighted by Gasteiger charge is -2.28. The van der Waals surface area contributed by atoms with Gasteiger partial charge < -0.3 is 46.2 Å². The van der Waals surface area contributed by atoms with E-state index in [0.29, 0.717) is 25.1 Å². The lowest BCUT2D eigenvalue weighted by Crippen LogP contribution is -2.52. The van der Waals surface area contributed by atoms with E-state index in [4.69, 9.17) is 10.2 Å². The van der Waals surface area contributed by atoms with Crippen LogP contribution in [0.4, 0.5) is 5.69 Å². The van der Waals surface area contributed by atoms with Crippen LogP contribution in [0, 0.1) is 0 Å². The molecule has 1 aromatic carbocycles. The van der Waals surface area contributed by atoms with Crippen molar-refractivity contribution in [1.82, 2.24) is 41.0 Å². The average Bonchev–Trinajstić information content (AvgIpc) is 3.63. The summed E-state index contributed by atoms with van der Waals surface area (Å²) in [4.78, 5) is 90.3. The zero-order chi connectivity index (χ0) is 40.9. The summed E-state index contributed by atoms with van der Waals surface area (Å²) in [5, 5.41) is 54.4. The van der Waals surface area contributed by atoms with Crippen LogP contribution in [0.2, 0.25) is 0 Å². The Hall–Kier alpha value is -4.52. The molecule has 0 spiro atoms. The maximum absolute atomic E-state index is 12.8. The molecule has 23 heteroatoms. The number of anilines is 1. The molecule has 306 valence electrons. The largest absolute Gasteiger partial charge is 0.480 e. The van der Waals surface area contributed by atoms with Crippen molar-refractivity contribution in [2.24, 2.45) is 0 Å². The molecular formula is C32H52BN9O12S. The molecule has 4 amide bonds. The Morgan fingerprint density at radius 3 is 2.02 bits per heavy atom. The number of carboxylic acids is 3. The molecule has 1 aromatic rings. The van der Waals surface area contributed by atoms with E-state index in [-0.39, 0.29) is 89.9 Å². The number of carbonyl (C=O) groups excluding carboxylic acids is 4. The van der Waals surface area contributed by atoms with Crippen molar-refractivity contribution >= 4 is 67.0 Å². The average molecular weight is 798 g/mol. The van der Waals surface area contributed by atoms with Gasteiger partial charge >= 0.3 is 25.0 Å². The van der Waals surface area contributed by atoms with Gasteiger partial charge in [-0.25, -0.2) is 0 Å². The first-order valence-electron chi connectivity index (χ1n) is 17.6. The highest BCUT2D eigenvalue weighted by Gasteiger charge is 2.38. The van der Waals surface area contributed by atoms with E-state index in [2.05, 4.69) is 39.4 Å². The molecular weight excluding hydrogens is 745 g/mol. The van der Waals surface area contributed by atoms with E-state index in [0.717, 1.165) is 0 Å². The summed E-state index contributed by atoms with van der Waals surface area (Å²) in [5.74, 6) is -5.59. The Labute approximate surface area is 324 Å². The number of hydrogen-bond donors (Lipinski definition) is 11. The molecule has 0 aromatic heterocycles. The van der Waals surface area contributed by atoms with E-state index in [1.165, 1.54) is 41.0 Å². The quantitative estimate of drug-likeness (QED) is 0.0135. The Morgan fingerprint density at radius 1 is 0.836 bits per heavy atom. The highest BCUT2D eigenvalue weighted by molar-refractivity contribution is 7.80. The van der Waals surface area contributed by atoms with Crippen molar-refractivity contribution in [3.63, 3.8) is 0 Å². The van der Waals surface area contributed by atoms with Gasteiger partial charge in [0.25, 0.3) is 5.91 Å². The van der Waals surface area contributed by atoms with Gasteiger partial charge in [-0.1, -0.05) is 0 Å². The third kappa shape index (κ3) is 18.6. The van der Waals surface area contributed by atoms with Gasteiger partial charge in [-0.15, -0.1) is 0 Å². The highest BCUT2D eigenvalue weighted by atomic mass is 32.1. The molecule has 1 aliphatic heterocycles. The second-order valence-electron chi connectivity index (χ2n) is 12.8. The Bertz CT molecular complexity index is 1450. The van der Waals surface area contributed by atoms with Gasteiger partial charge in [0.2, 0.25) is 17.7 Å². The molecule has 55 heavy (non-hydrogen) atoms. The summed E-state index contributed by atoms with van der Waals surface area (Å²) in [6, 6.07) is 5.13. The fraction of sp³-hybridized carbons (Fsp3) is 0.594. The monoisotopic (exact) mass is 797 g/mol. The van der Waals surface area contributed by atoms with E-state index in [1.807, 2.05) is 0 Å². The van der Waals surface area contributed by atoms with Gasteiger partial charge in [0.15, 0.2) is 0 Å². The number of hydrazine groups is 1. The van der Waals surface area contributed by atoms with E-state index < -0.39 is 60.6 Å². The fourth-order valence-electron chi connectivity index (χ4n) is 5.57. The standard InChI is InChI=1S/C32H52BN9O12S/c1-22(32(52)42-11-2-3-25(42)33(53)54)36-31(51)23-4-6-24(7-5-23)37-38-26(43)8-9-35-27(44)18-39(12-10-34-17-28(45)46)13-14-40(19-29(47)48)15-16-41(21-55)20-30(49)50/h4-7,22,25,34,37,53-55H,2-3,8-21H2,1H3,(H,35,44)(H,36,51)(H,38,43)(H,45,46)(H,47,48)(H,49,50)/t22-,25+/m1/s1. The Balaban J connectivity index is 1.82. The lowest BCUT2D eigenvalue weighted by molar-refractivity contribution is -0.140. The lowest BCUT2D eigenvalue weighted by atomic mass is 9.78. The van der Waals surface area contributed by atoms with Crippen LogP contribution in [0.5, 0.6) is 0 Å². The number of aliphatic carboxylic acids is 3. The maximum Gasteiger partial charge on any atom is 0.475 e. The van der Waals surface area contributed by atoms with Crippen LogP contribution in [0.25, 0.3) is 0 Å². The predicted molar refractivity (Wildman–Crippen MR) is 202 cm³/mol. The SMILES string of the molecule is C[C@@H](NC(=O)c1ccc(NNC(=O)CCNC(=O)CN(CCNCC(=O)O)CCN(CCN(CS)CC(=O)O)CC(=O)O)cc1)C(=O)N1CCC[C@H]1B(O)O. The number of nitrogens with zero attached hydrogens (tertiary/aromatic N) is 4. The summed E-state index contributed by atoms with van der Waals surface area (Å²) in [5.41, 5.74) is 5.89. The molecule has 2 rings (SSSR count). The summed E-state index contributed by atoms with van der Waals surface area (Å²) in [6.45, 7) is 2.22. The molecule has 1 fully saturated rings. The van der Waals surface area contributed by atoms with Crippen molar-refractivity contribution in [3.8, 4) is 0 Å². The number of nitrogens with one attached hydrogen (secondary N) is 5. The predicted octanol–water partition coefficient (Wildman–Crippen LogP) is -3.61. The van der Waals surface area contributed by atoms with Crippen LogP contribution in [-0.4, -0.2) is 190 Å². The van der Waals surface area contributed by atoms with Gasteiger partial charge in [0.1, 0.15) is 6.04 Å². The second-order valence-corrected chi connectivity index (χ2v) is 13.1. The minimum absolute atomic E-state index is 0.0167. The van der Waals surface area contributed by atoms with Crippen molar-refractivity contribution in [1.29, 1.82) is 0 Å². The van der Waals surface area contributed by atoms with Crippen molar-refractivity contribution in [2.75, 3.05) is 89.8 Å². The number of likely N-dealkylation sites (tertiary alicyclic amines) is 1. The fourth-order valence-corrected chi connectivity index (χ4v) is 5.81. The molecule has 10 N–H and O–H groups in total. The number of hydrogen-bond acceptors (Lipinski definition) is 15. The first-order chi connectivity index (χ1) is 26.1. The minimum Gasteiger partial charge on any atom is -0.480 e. The van der Waals surface area contributed by atoms with Crippen LogP contribution in [0.1, 0.15) is 36.5 Å². The third-order valence-corrected chi connectivity index (χ3v) is 8.84. The second kappa shape index (κ2) is 24.8. The molecule has 0 bridgehead atoms. The van der Waals surface area contributed by atoms with Gasteiger partial charge in [0.05, 0.1) is 37.8 Å². The Kier molecular flexibility index (Phi) is 21.0. The minimum atomic E-state index is -1.67. The summed E-state index contributed by atoms with van der Waals surface area (Å²) in [6.07, 6.45) is 0.984. The molecule has 1 heterocycles. The Morgan fingerprint density at radius 2 is 1.44 bits per heavy atom. The number of amides is 4. The topological polar surface area (TPSA) is 294 Å². The maximum atomic E-state index is 12.8. The molecule has 2 atom stereocenters. The molecule has 0 unspecified atom stereocenters. The van der Waals surface area contributed by atoms with E-state index >= 15 is 0 Å². The number of rotatable bonds is 27. The highest BCUT2D eigenvalue weighted by Crippen LogP contribution is 2.19. The number of carboxylic acid groups (broad SMARTS) is 3. The molecule has 1 saturated heterocycles. The van der Waals surface area contributed by atoms with Crippen molar-refractivity contribution in [3.05, 3.63) is 29.8 Å². The van der Waals surface area contributed by atoms with Crippen LogP contribution >= 0.6 is 12.6 Å². The van der Waals surface area contributed by atoms with E-state index in [9.17, 15) is 48.7 Å². The molecule has 0 radical (unpaired) electrons. The van der Waals surface area contributed by atoms with Crippen LogP contribution < -0.4 is 26.8 Å². The van der Waals surface area contributed by atoms with Gasteiger partial charge in [-0.3, -0.25) is 59.1 Å². The number of carbonyl (C=O) groups is 7. The first kappa shape index (κ1) is 46.6. The van der Waals surface area contributed by atoms with Crippen molar-refractivity contribution < 1.29 is 58.9 Å². The zero-order valence-corrected chi connectivity index (χ0v) is 31.6. The summed E-state index contributed by atoms with van der Waals surface area (Å²) >= 11 is 4.12. The van der Waals surface area contributed by atoms with Gasteiger partial charge in [0, 0.05) is 70.2 Å². The van der Waals surface area contributed by atoms with Crippen LogP contribution in [-0.2, 0) is 28.8 Å². The first-order valence-corrected chi connectivity index (χ1v) is 18.3. The molecule has 0 saturated carbocycles. The third-order valence-electron chi connectivity index (χ3n) is 8.44. The summed E-state index contributed by atoms with van der Waals surface area (Å²) < 4.78 is 0. The van der Waals surface area contributed by atoms with Crippen LogP contribution in [0.3, 0.4) is 0 Å². The van der Waals surface area contributed by atoms with Crippen molar-refractivity contribution in [2.45, 2.75) is 38.2 Å². The van der Waals surface area contributed by atoms with Gasteiger partial charge in [-0.2, -0.15) is 12.6 Å². The zero-order valence-electron chi connectivity index (χ0n) is 30.7. The molecule has 1 aliphatic rings. The van der Waals surface area contributed by atoms with Gasteiger partial charge in [-0.05, 0) is 44.0 Å². The normalized spacial score (nSPS) is 14.5. The smallest absolute Gasteiger partial charge is 0.475 e. The van der Waals surface area contributed by atoms with E-state index in [1.54, 1.807) is 9.80 Å².